The molecule has 4 aromatic heterocycles. The molecule has 624 valence electrons. The molecule has 0 unspecified atom stereocenters. The molecule has 2 aliphatic heterocycles. The molecule has 30 rings (SSSR count). The number of rotatable bonds is 8. The van der Waals surface area contributed by atoms with Gasteiger partial charge < -0.3 is 27.8 Å². The van der Waals surface area contributed by atoms with Crippen molar-refractivity contribution in [3.8, 4) is 33.6 Å². The lowest BCUT2D eigenvalue weighted by Crippen LogP contribution is -2.36. The smallest absolute Gasteiger partial charge is 0.137 e. The van der Waals surface area contributed by atoms with Gasteiger partial charge in [-0.1, -0.05) is 327 Å². The van der Waals surface area contributed by atoms with Crippen LogP contribution >= 0.6 is 23.5 Å². The lowest BCUT2D eigenvalue weighted by molar-refractivity contribution is 0.668. The van der Waals surface area contributed by atoms with E-state index >= 15 is 0 Å². The fourth-order valence-electron chi connectivity index (χ4n) is 23.8. The van der Waals surface area contributed by atoms with E-state index in [1.165, 1.54) is 179 Å². The zero-order chi connectivity index (χ0) is 87.6. The number of nitrogens with zero attached hydrogens (tertiary/aromatic N) is 4. The van der Waals surface area contributed by atoms with Gasteiger partial charge in [-0.2, -0.15) is 0 Å². The van der Waals surface area contributed by atoms with Gasteiger partial charge in [0.15, 0.2) is 0 Å². The van der Waals surface area contributed by atoms with Gasteiger partial charge in [0.2, 0.25) is 0 Å². The second kappa shape index (κ2) is 28.9. The van der Waals surface area contributed by atoms with Crippen molar-refractivity contribution in [1.29, 1.82) is 0 Å². The van der Waals surface area contributed by atoms with Crippen molar-refractivity contribution in [2.75, 3.05) is 9.80 Å². The SMILES string of the molecule is c1ccc2c(c1)Sc1ccccc1C21c2cc(N(c3ccc4c(c3)oc3ccccc34)c3ccc4c(c3)c3ccccc3n4-c3cccc4ccccc34)ccc2-c2cccc3cccc1c23.c1ccc2c(c1)Sc1ccccc1C21c2cc(N(c3ccc4oc5ccccc5c4c3)c3ccc4c(c3)c3ccccc3n4-c3cccc4ccccc34)ccc2-c2cccc3cccc1c23. The molecular weight excluding hydrogens is 1670 g/mol. The average Bonchev–Trinajstić information content (AvgIpc) is 0.760. The fraction of sp³-hybridized carbons (Fsp3) is 0.0159. The van der Waals surface area contributed by atoms with Gasteiger partial charge >= 0.3 is 0 Å². The lowest BCUT2D eigenvalue weighted by Gasteiger charge is -2.46. The van der Waals surface area contributed by atoms with Gasteiger partial charge in [0.05, 0.1) is 44.3 Å². The van der Waals surface area contributed by atoms with Gasteiger partial charge in [-0.05, 0) is 251 Å². The first-order chi connectivity index (χ1) is 66.4. The normalized spacial score (nSPS) is 13.4. The number of hydrogen-bond acceptors (Lipinski definition) is 6. The van der Waals surface area contributed by atoms with Gasteiger partial charge in [-0.15, -0.1) is 0 Å². The first kappa shape index (κ1) is 75.2. The summed E-state index contributed by atoms with van der Waals surface area (Å²) in [5.41, 5.74) is 31.3. The number of aromatic nitrogens is 2. The minimum Gasteiger partial charge on any atom is -0.456 e. The van der Waals surface area contributed by atoms with E-state index in [0.717, 1.165) is 83.5 Å². The summed E-state index contributed by atoms with van der Waals surface area (Å²) in [6.07, 6.45) is 0. The molecule has 26 aromatic rings. The summed E-state index contributed by atoms with van der Waals surface area (Å²) >= 11 is 3.77. The van der Waals surface area contributed by atoms with Crippen LogP contribution in [0.15, 0.2) is 489 Å². The Kier molecular flexibility index (Phi) is 16.2. The maximum atomic E-state index is 6.63. The molecule has 0 amide bonds. The van der Waals surface area contributed by atoms with E-state index in [-0.39, 0.29) is 0 Å². The summed E-state index contributed by atoms with van der Waals surface area (Å²) in [7, 11) is 0. The van der Waals surface area contributed by atoms with Crippen LogP contribution < -0.4 is 9.80 Å². The van der Waals surface area contributed by atoms with Crippen LogP contribution in [0, 0.1) is 0 Å². The molecule has 134 heavy (non-hydrogen) atoms. The summed E-state index contributed by atoms with van der Waals surface area (Å²) in [6, 6.07) is 171. The van der Waals surface area contributed by atoms with E-state index in [1.807, 2.05) is 35.7 Å². The molecule has 0 atom stereocenters. The largest absolute Gasteiger partial charge is 0.456 e. The molecule has 2 spiro atoms. The Bertz CT molecular complexity index is 9440. The summed E-state index contributed by atoms with van der Waals surface area (Å²) in [5.74, 6) is 0. The monoisotopic (exact) mass is 1740 g/mol. The van der Waals surface area contributed by atoms with Crippen LogP contribution in [0.4, 0.5) is 34.1 Å². The van der Waals surface area contributed by atoms with Crippen molar-refractivity contribution in [1.82, 2.24) is 9.13 Å². The number of anilines is 6. The topological polar surface area (TPSA) is 42.6 Å². The van der Waals surface area contributed by atoms with Gasteiger partial charge in [0, 0.05) is 114 Å². The molecule has 2 aliphatic carbocycles. The molecule has 0 radical (unpaired) electrons. The standard InChI is InChI=1S/2C63H38N2OS/c1-2-18-44-39(14-1)15-13-26-55(44)65-56-25-7-3-19-46(56)50-36-41(32-35-57(50)65)64(43-31-34-48-47-20-4-8-27-58(47)66-59(48)38-43)42-30-33-45-49-21-11-16-40-17-12-24-53(62(40)49)63(54(45)37-42)51-22-5-9-28-60(51)67-61-29-10-6-23-52(61)63;1-2-18-44-39(14-1)15-13-26-55(44)65-56-25-7-3-19-46(56)49-36-41(31-34-57(49)65)64(42-32-35-59-50(37-42)47-20-4-8-27-58(47)66-59)43-30-33-45-48-21-11-16-40-17-12-24-53(62(40)48)63(54(45)38-43)51-22-5-9-28-60(51)67-61-29-10-6-23-52(61)63/h2*1-38H. The van der Waals surface area contributed by atoms with Crippen LogP contribution in [-0.4, -0.2) is 9.13 Å². The number of para-hydroxylation sites is 4. The number of furan rings is 2. The Balaban J connectivity index is 0.000000131. The zero-order valence-electron chi connectivity index (χ0n) is 72.3. The highest BCUT2D eigenvalue weighted by Gasteiger charge is 2.51. The summed E-state index contributed by atoms with van der Waals surface area (Å²) in [4.78, 5) is 10.1. The first-order valence-corrected chi connectivity index (χ1v) is 47.6. The Morgan fingerprint density at radius 3 is 0.985 bits per heavy atom. The molecule has 22 aromatic carbocycles. The Hall–Kier alpha value is -16.6. The van der Waals surface area contributed by atoms with E-state index in [9.17, 15) is 0 Å². The summed E-state index contributed by atoms with van der Waals surface area (Å²) < 4.78 is 18.0. The van der Waals surface area contributed by atoms with Crippen molar-refractivity contribution in [3.05, 3.63) is 506 Å². The fourth-order valence-corrected chi connectivity index (χ4v) is 26.1. The molecule has 6 heterocycles. The van der Waals surface area contributed by atoms with E-state index in [0.29, 0.717) is 0 Å². The molecule has 6 nitrogen and oxygen atoms in total. The molecule has 0 saturated carbocycles. The lowest BCUT2D eigenvalue weighted by atomic mass is 9.59. The summed E-state index contributed by atoms with van der Waals surface area (Å²) in [5, 5.41) is 19.3. The van der Waals surface area contributed by atoms with E-state index in [1.54, 1.807) is 0 Å². The average molecular weight is 1740 g/mol. The third-order valence-corrected chi connectivity index (χ3v) is 31.5. The van der Waals surface area contributed by atoms with Crippen LogP contribution in [0.5, 0.6) is 0 Å². The maximum absolute atomic E-state index is 6.63. The summed E-state index contributed by atoms with van der Waals surface area (Å²) in [6.45, 7) is 0. The third kappa shape index (κ3) is 10.7. The van der Waals surface area contributed by atoms with Gasteiger partial charge in [0.1, 0.15) is 22.3 Å². The van der Waals surface area contributed by atoms with Crippen LogP contribution in [0.2, 0.25) is 0 Å². The quantitative estimate of drug-likeness (QED) is 0.151. The Labute approximate surface area is 779 Å². The van der Waals surface area contributed by atoms with Crippen LogP contribution in [-0.2, 0) is 10.8 Å². The molecular formula is C126H76N4O2S2. The van der Waals surface area contributed by atoms with Gasteiger partial charge in [-0.3, -0.25) is 0 Å². The maximum Gasteiger partial charge on any atom is 0.137 e. The Morgan fingerprint density at radius 2 is 0.500 bits per heavy atom. The highest BCUT2D eigenvalue weighted by Crippen LogP contribution is 2.65. The van der Waals surface area contributed by atoms with Crippen molar-refractivity contribution >= 4 is 188 Å². The number of fused-ring (bicyclic) bond motifs is 30. The first-order valence-electron chi connectivity index (χ1n) is 46.0. The van der Waals surface area contributed by atoms with Gasteiger partial charge in [0.25, 0.3) is 0 Å². The Morgan fingerprint density at radius 1 is 0.187 bits per heavy atom. The zero-order valence-corrected chi connectivity index (χ0v) is 73.9. The molecule has 0 saturated heterocycles. The van der Waals surface area contributed by atoms with E-state index in [4.69, 9.17) is 8.83 Å². The highest BCUT2D eigenvalue weighted by molar-refractivity contribution is 7.99. The van der Waals surface area contributed by atoms with Crippen molar-refractivity contribution in [2.24, 2.45) is 0 Å². The molecule has 4 aliphatic rings. The second-order valence-electron chi connectivity index (χ2n) is 35.9. The molecule has 0 N–H and O–H groups in total. The van der Waals surface area contributed by atoms with Gasteiger partial charge in [-0.25, -0.2) is 0 Å². The third-order valence-electron chi connectivity index (χ3n) is 29.2. The highest BCUT2D eigenvalue weighted by atomic mass is 32.2. The minimum absolute atomic E-state index is 0.580. The van der Waals surface area contributed by atoms with E-state index in [2.05, 4.69) is 468 Å². The second-order valence-corrected chi connectivity index (χ2v) is 38.1. The van der Waals surface area contributed by atoms with E-state index < -0.39 is 10.8 Å². The molecule has 0 fully saturated rings. The van der Waals surface area contributed by atoms with Crippen LogP contribution in [0.3, 0.4) is 0 Å². The molecule has 8 heteroatoms. The number of benzene rings is 22. The predicted molar refractivity (Wildman–Crippen MR) is 558 cm³/mol. The van der Waals surface area contributed by atoms with Crippen molar-refractivity contribution < 1.29 is 8.83 Å². The minimum atomic E-state index is -0.582. The van der Waals surface area contributed by atoms with Crippen molar-refractivity contribution in [3.63, 3.8) is 0 Å². The predicted octanol–water partition coefficient (Wildman–Crippen LogP) is 34.6. The van der Waals surface area contributed by atoms with Crippen LogP contribution in [0.25, 0.3) is 164 Å². The molecule has 0 bridgehead atoms. The van der Waals surface area contributed by atoms with Crippen LogP contribution in [0.1, 0.15) is 44.5 Å². The number of hydrogen-bond donors (Lipinski definition) is 0. The van der Waals surface area contributed by atoms with Crippen molar-refractivity contribution in [2.45, 2.75) is 30.4 Å².